The minimum absolute atomic E-state index is 0.0327. The number of hydrogen-bond donors (Lipinski definition) is 1. The van der Waals surface area contributed by atoms with E-state index in [1.807, 2.05) is 24.3 Å². The van der Waals surface area contributed by atoms with Crippen molar-refractivity contribution in [2.45, 2.75) is 37.5 Å². The molecular weight excluding hydrogens is 400 g/mol. The zero-order chi connectivity index (χ0) is 21.7. The molecule has 1 N–H and O–H groups in total. The van der Waals surface area contributed by atoms with Crippen LogP contribution in [-0.2, 0) is 19.4 Å². The van der Waals surface area contributed by atoms with Crippen LogP contribution in [0.15, 0.2) is 59.5 Å². The molecule has 2 amide bonds. The zero-order valence-corrected chi connectivity index (χ0v) is 18.2. The smallest absolute Gasteiger partial charge is 0.227 e. The quantitative estimate of drug-likeness (QED) is 0.655. The van der Waals surface area contributed by atoms with Gasteiger partial charge >= 0.3 is 0 Å². The van der Waals surface area contributed by atoms with Crippen molar-refractivity contribution in [2.24, 2.45) is 5.92 Å². The van der Waals surface area contributed by atoms with Crippen LogP contribution in [0, 0.1) is 5.92 Å². The molecule has 6 nitrogen and oxygen atoms in total. The molecule has 0 aliphatic carbocycles. The number of nitrogens with one attached hydrogen (secondary N) is 1. The molecule has 3 rings (SSSR count). The van der Waals surface area contributed by atoms with E-state index in [0.717, 1.165) is 11.3 Å². The van der Waals surface area contributed by atoms with Gasteiger partial charge in [0.15, 0.2) is 9.84 Å². The van der Waals surface area contributed by atoms with Crippen LogP contribution < -0.4 is 10.2 Å². The van der Waals surface area contributed by atoms with Crippen molar-refractivity contribution in [2.75, 3.05) is 23.7 Å². The molecule has 1 unspecified atom stereocenters. The number of benzene rings is 2. The Kier molecular flexibility index (Phi) is 6.92. The highest BCUT2D eigenvalue weighted by atomic mass is 32.2. The molecular formula is C23H28N2O4S. The number of amides is 2. The Balaban J connectivity index is 1.51. The number of nitrogens with zero attached hydrogens (tertiary/aromatic N) is 1. The summed E-state index contributed by atoms with van der Waals surface area (Å²) >= 11 is 0. The number of hydrogen-bond acceptors (Lipinski definition) is 4. The van der Waals surface area contributed by atoms with Gasteiger partial charge in [-0.05, 0) is 42.2 Å². The highest BCUT2D eigenvalue weighted by molar-refractivity contribution is 7.91. The summed E-state index contributed by atoms with van der Waals surface area (Å²) in [7, 11) is -3.36. The summed E-state index contributed by atoms with van der Waals surface area (Å²) in [6.07, 6.45) is 0.490. The molecule has 1 fully saturated rings. The third-order valence-electron chi connectivity index (χ3n) is 5.34. The van der Waals surface area contributed by atoms with Gasteiger partial charge in [0, 0.05) is 25.2 Å². The predicted molar refractivity (Wildman–Crippen MR) is 117 cm³/mol. The maximum absolute atomic E-state index is 12.5. The van der Waals surface area contributed by atoms with Gasteiger partial charge in [-0.2, -0.15) is 0 Å². The van der Waals surface area contributed by atoms with Crippen LogP contribution in [0.1, 0.15) is 38.2 Å². The van der Waals surface area contributed by atoms with Crippen LogP contribution in [-0.4, -0.2) is 39.1 Å². The molecule has 0 bridgehead atoms. The third kappa shape index (κ3) is 5.27. The summed E-state index contributed by atoms with van der Waals surface area (Å²) in [5.74, 6) is -0.375. The van der Waals surface area contributed by atoms with Gasteiger partial charge in [0.05, 0.1) is 16.6 Å². The van der Waals surface area contributed by atoms with Crippen molar-refractivity contribution in [3.05, 3.63) is 60.2 Å². The minimum Gasteiger partial charge on any atom is -0.356 e. The summed E-state index contributed by atoms with van der Waals surface area (Å²) in [5.41, 5.74) is 1.96. The van der Waals surface area contributed by atoms with E-state index < -0.39 is 15.8 Å². The van der Waals surface area contributed by atoms with Crippen molar-refractivity contribution in [3.8, 4) is 0 Å². The SMILES string of the molecule is CC(C)c1cccc(N2CC(C(=O)NCCCS(=O)(=O)c3ccccc3)CC2=O)c1. The lowest BCUT2D eigenvalue weighted by atomic mass is 10.0. The third-order valence-corrected chi connectivity index (χ3v) is 7.15. The summed E-state index contributed by atoms with van der Waals surface area (Å²) in [6.45, 7) is 4.80. The Labute approximate surface area is 178 Å². The number of sulfone groups is 1. The largest absolute Gasteiger partial charge is 0.356 e. The van der Waals surface area contributed by atoms with Gasteiger partial charge in [0.2, 0.25) is 11.8 Å². The van der Waals surface area contributed by atoms with Crippen LogP contribution in [0.2, 0.25) is 0 Å². The van der Waals surface area contributed by atoms with Crippen LogP contribution in [0.4, 0.5) is 5.69 Å². The fourth-order valence-corrected chi connectivity index (χ4v) is 4.88. The second-order valence-electron chi connectivity index (χ2n) is 7.93. The molecule has 0 aromatic heterocycles. The van der Waals surface area contributed by atoms with E-state index in [0.29, 0.717) is 18.9 Å². The monoisotopic (exact) mass is 428 g/mol. The first-order valence-electron chi connectivity index (χ1n) is 10.2. The maximum atomic E-state index is 12.5. The van der Waals surface area contributed by atoms with Gasteiger partial charge in [-0.25, -0.2) is 8.42 Å². The fraction of sp³-hybridized carbons (Fsp3) is 0.391. The molecule has 0 saturated carbocycles. The average molecular weight is 429 g/mol. The number of anilines is 1. The summed E-state index contributed by atoms with van der Waals surface area (Å²) in [4.78, 5) is 26.9. The van der Waals surface area contributed by atoms with Crippen molar-refractivity contribution in [1.29, 1.82) is 0 Å². The molecule has 1 saturated heterocycles. The van der Waals surface area contributed by atoms with Gasteiger partial charge in [-0.15, -0.1) is 0 Å². The molecule has 1 heterocycles. The summed E-state index contributed by atoms with van der Waals surface area (Å²) < 4.78 is 24.6. The maximum Gasteiger partial charge on any atom is 0.227 e. The van der Waals surface area contributed by atoms with E-state index in [-0.39, 0.29) is 35.4 Å². The molecule has 0 spiro atoms. The van der Waals surface area contributed by atoms with Gasteiger partial charge in [0.1, 0.15) is 0 Å². The van der Waals surface area contributed by atoms with Crippen LogP contribution in [0.25, 0.3) is 0 Å². The number of rotatable bonds is 8. The predicted octanol–water partition coefficient (Wildman–Crippen LogP) is 3.14. The molecule has 2 aromatic carbocycles. The molecule has 0 radical (unpaired) electrons. The molecule has 1 atom stereocenters. The first-order valence-corrected chi connectivity index (χ1v) is 11.9. The standard InChI is InChI=1S/C23H28N2O4S/c1-17(2)18-8-6-9-20(14-18)25-16-19(15-22(25)26)23(27)24-12-7-13-30(28,29)21-10-4-3-5-11-21/h3-6,8-11,14,17,19H,7,12-13,15-16H2,1-2H3,(H,24,27). The molecule has 1 aliphatic rings. The second-order valence-corrected chi connectivity index (χ2v) is 10.0. The molecule has 7 heteroatoms. The van der Waals surface area contributed by atoms with E-state index in [2.05, 4.69) is 19.2 Å². The molecule has 1 aliphatic heterocycles. The lowest BCUT2D eigenvalue weighted by molar-refractivity contribution is -0.126. The van der Waals surface area contributed by atoms with Gasteiger partial charge in [-0.3, -0.25) is 9.59 Å². The Morgan fingerprint density at radius 1 is 1.13 bits per heavy atom. The summed E-state index contributed by atoms with van der Waals surface area (Å²) in [5, 5.41) is 2.79. The normalized spacial score (nSPS) is 16.8. The highest BCUT2D eigenvalue weighted by Crippen LogP contribution is 2.28. The van der Waals surface area contributed by atoms with Crippen LogP contribution >= 0.6 is 0 Å². The average Bonchev–Trinajstić information content (AvgIpc) is 3.13. The Bertz CT molecular complexity index is 1000. The second kappa shape index (κ2) is 9.43. The van der Waals surface area contributed by atoms with Crippen LogP contribution in [0.5, 0.6) is 0 Å². The van der Waals surface area contributed by atoms with E-state index in [9.17, 15) is 18.0 Å². The highest BCUT2D eigenvalue weighted by Gasteiger charge is 2.35. The molecule has 2 aromatic rings. The number of carbonyl (C=O) groups is 2. The lowest BCUT2D eigenvalue weighted by Gasteiger charge is -2.18. The van der Waals surface area contributed by atoms with E-state index in [1.165, 1.54) is 0 Å². The first kappa shape index (κ1) is 22.0. The van der Waals surface area contributed by atoms with Gasteiger partial charge in [0.25, 0.3) is 0 Å². The van der Waals surface area contributed by atoms with E-state index in [4.69, 9.17) is 0 Å². The van der Waals surface area contributed by atoms with Crippen molar-refractivity contribution < 1.29 is 18.0 Å². The zero-order valence-electron chi connectivity index (χ0n) is 17.4. The number of carbonyl (C=O) groups excluding carboxylic acids is 2. The van der Waals surface area contributed by atoms with Gasteiger partial charge in [-0.1, -0.05) is 44.2 Å². The fourth-order valence-electron chi connectivity index (χ4n) is 3.55. The van der Waals surface area contributed by atoms with Crippen molar-refractivity contribution in [3.63, 3.8) is 0 Å². The summed E-state index contributed by atoms with van der Waals surface area (Å²) in [6, 6.07) is 16.1. The van der Waals surface area contributed by atoms with Crippen molar-refractivity contribution >= 4 is 27.3 Å². The minimum atomic E-state index is -3.36. The lowest BCUT2D eigenvalue weighted by Crippen LogP contribution is -2.34. The molecule has 30 heavy (non-hydrogen) atoms. The van der Waals surface area contributed by atoms with Gasteiger partial charge < -0.3 is 10.2 Å². The topological polar surface area (TPSA) is 83.6 Å². The van der Waals surface area contributed by atoms with Crippen molar-refractivity contribution in [1.82, 2.24) is 5.32 Å². The van der Waals surface area contributed by atoms with E-state index >= 15 is 0 Å². The first-order chi connectivity index (χ1) is 14.3. The Morgan fingerprint density at radius 2 is 1.87 bits per heavy atom. The van der Waals surface area contributed by atoms with Crippen LogP contribution in [0.3, 0.4) is 0 Å². The van der Waals surface area contributed by atoms with E-state index in [1.54, 1.807) is 35.2 Å². The Morgan fingerprint density at radius 3 is 2.57 bits per heavy atom. The molecule has 160 valence electrons. The Hall–Kier alpha value is -2.67.